The Morgan fingerprint density at radius 2 is 1.52 bits per heavy atom. The Balaban J connectivity index is 2.56. The van der Waals surface area contributed by atoms with E-state index in [0.29, 0.717) is 0 Å². The molecule has 1 aromatic carbocycles. The lowest BCUT2D eigenvalue weighted by atomic mass is 10.4. The second-order valence-corrected chi connectivity index (χ2v) is 7.51. The minimum atomic E-state index is -6.02. The summed E-state index contributed by atoms with van der Waals surface area (Å²) in [6.45, 7) is 0. The molecule has 0 saturated carbocycles. The summed E-state index contributed by atoms with van der Waals surface area (Å²) < 4.78 is 88.0. The van der Waals surface area contributed by atoms with Crippen LogP contribution in [0.15, 0.2) is 58.6 Å². The smallest absolute Gasteiger partial charge is 0.373 e. The molecule has 124 valence electrons. The van der Waals surface area contributed by atoms with Crippen molar-refractivity contribution in [3.8, 4) is 5.75 Å². The average molecular weight is 367 g/mol. The average Bonchev–Trinajstić information content (AvgIpc) is 2.47. The van der Waals surface area contributed by atoms with Crippen molar-refractivity contribution in [1.29, 1.82) is 0 Å². The maximum absolute atomic E-state index is 12.4. The van der Waals surface area contributed by atoms with Gasteiger partial charge in [-0.25, -0.2) is 13.4 Å². The van der Waals surface area contributed by atoms with Crippen molar-refractivity contribution < 1.29 is 34.2 Å². The molecule has 0 radical (unpaired) electrons. The maximum Gasteiger partial charge on any atom is 0.534 e. The van der Waals surface area contributed by atoms with Gasteiger partial charge < -0.3 is 4.18 Å². The Labute approximate surface area is 129 Å². The van der Waals surface area contributed by atoms with Crippen molar-refractivity contribution >= 4 is 20.0 Å². The molecule has 6 nitrogen and oxygen atoms in total. The molecule has 11 heteroatoms. The Bertz CT molecular complexity index is 909. The third-order valence-electron chi connectivity index (χ3n) is 2.53. The zero-order chi connectivity index (χ0) is 17.3. The minimum Gasteiger partial charge on any atom is -0.373 e. The summed E-state index contributed by atoms with van der Waals surface area (Å²) >= 11 is 0. The van der Waals surface area contributed by atoms with Crippen molar-refractivity contribution in [3.05, 3.63) is 48.7 Å². The number of hydrogen-bond donors (Lipinski definition) is 0. The number of nitrogens with zero attached hydrogens (tertiary/aromatic N) is 1. The topological polar surface area (TPSA) is 90.4 Å². The van der Waals surface area contributed by atoms with Crippen molar-refractivity contribution in [2.75, 3.05) is 0 Å². The quantitative estimate of drug-likeness (QED) is 0.607. The fourth-order valence-electron chi connectivity index (χ4n) is 1.52. The molecule has 0 fully saturated rings. The first-order valence-electron chi connectivity index (χ1n) is 5.81. The third kappa shape index (κ3) is 3.45. The lowest BCUT2D eigenvalue weighted by molar-refractivity contribution is -0.0501. The van der Waals surface area contributed by atoms with Crippen molar-refractivity contribution in [3.63, 3.8) is 0 Å². The fraction of sp³-hybridized carbons (Fsp3) is 0.0833. The monoisotopic (exact) mass is 367 g/mol. The van der Waals surface area contributed by atoms with Crippen LogP contribution in [0.5, 0.6) is 5.75 Å². The maximum atomic E-state index is 12.4. The highest BCUT2D eigenvalue weighted by Crippen LogP contribution is 2.32. The SMILES string of the molecule is O=S(=O)(c1ccccc1)c1ncccc1OS(=O)(=O)C(F)(F)F. The first-order chi connectivity index (χ1) is 10.6. The van der Waals surface area contributed by atoms with Gasteiger partial charge in [0.25, 0.3) is 0 Å². The van der Waals surface area contributed by atoms with Crippen LogP contribution >= 0.6 is 0 Å². The van der Waals surface area contributed by atoms with Crippen LogP contribution in [0, 0.1) is 0 Å². The summed E-state index contributed by atoms with van der Waals surface area (Å²) in [4.78, 5) is 3.18. The van der Waals surface area contributed by atoms with Crippen molar-refractivity contribution in [2.45, 2.75) is 15.4 Å². The highest BCUT2D eigenvalue weighted by atomic mass is 32.2. The summed E-state index contributed by atoms with van der Waals surface area (Å²) in [6, 6.07) is 8.50. The van der Waals surface area contributed by atoms with Crippen LogP contribution in [0.3, 0.4) is 0 Å². The van der Waals surface area contributed by atoms with E-state index in [0.717, 1.165) is 18.3 Å². The zero-order valence-corrected chi connectivity index (χ0v) is 12.7. The first kappa shape index (κ1) is 17.2. The van der Waals surface area contributed by atoms with Crippen molar-refractivity contribution in [2.24, 2.45) is 0 Å². The Morgan fingerprint density at radius 1 is 0.913 bits per heavy atom. The molecule has 0 aliphatic carbocycles. The van der Waals surface area contributed by atoms with E-state index in [4.69, 9.17) is 0 Å². The predicted molar refractivity (Wildman–Crippen MR) is 71.7 cm³/mol. The fourth-order valence-corrected chi connectivity index (χ4v) is 3.35. The molecule has 2 rings (SSSR count). The molecule has 0 amide bonds. The second kappa shape index (κ2) is 5.81. The Morgan fingerprint density at radius 3 is 2.09 bits per heavy atom. The van der Waals surface area contributed by atoms with Gasteiger partial charge in [-0.2, -0.15) is 21.6 Å². The van der Waals surface area contributed by atoms with E-state index in [1.54, 1.807) is 0 Å². The molecule has 0 spiro atoms. The molecule has 1 heterocycles. The molecular weight excluding hydrogens is 359 g/mol. The summed E-state index contributed by atoms with van der Waals surface area (Å²) in [7, 11) is -10.4. The number of rotatable bonds is 4. The molecule has 0 unspecified atom stereocenters. The van der Waals surface area contributed by atoms with Crippen LogP contribution in [-0.4, -0.2) is 27.3 Å². The number of benzene rings is 1. The number of halogens is 3. The van der Waals surface area contributed by atoms with Gasteiger partial charge in [-0.15, -0.1) is 0 Å². The summed E-state index contributed by atoms with van der Waals surface area (Å²) in [6.07, 6.45) is 0.989. The first-order valence-corrected chi connectivity index (χ1v) is 8.71. The van der Waals surface area contributed by atoms with Crippen molar-refractivity contribution in [1.82, 2.24) is 4.98 Å². The van der Waals surface area contributed by atoms with Crippen LogP contribution in [0.4, 0.5) is 13.2 Å². The van der Waals surface area contributed by atoms with E-state index in [1.807, 2.05) is 0 Å². The lowest BCUT2D eigenvalue weighted by Crippen LogP contribution is -2.28. The lowest BCUT2D eigenvalue weighted by Gasteiger charge is -2.12. The van der Waals surface area contributed by atoms with E-state index in [2.05, 4.69) is 9.17 Å². The predicted octanol–water partition coefficient (Wildman–Crippen LogP) is 2.14. The number of pyridine rings is 1. The molecule has 0 saturated heterocycles. The number of sulfone groups is 1. The Kier molecular flexibility index (Phi) is 4.35. The normalized spacial score (nSPS) is 12.8. The van der Waals surface area contributed by atoms with Gasteiger partial charge in [0.05, 0.1) is 4.90 Å². The molecule has 2 aromatic rings. The molecule has 0 aliphatic heterocycles. The van der Waals surface area contributed by atoms with E-state index in [-0.39, 0.29) is 4.90 Å². The zero-order valence-electron chi connectivity index (χ0n) is 11.1. The van der Waals surface area contributed by atoms with Crippen LogP contribution in [0.25, 0.3) is 0 Å². The van der Waals surface area contributed by atoms with Gasteiger partial charge in [-0.1, -0.05) is 18.2 Å². The van der Waals surface area contributed by atoms with Gasteiger partial charge in [0.2, 0.25) is 14.9 Å². The van der Waals surface area contributed by atoms with Crippen LogP contribution in [-0.2, 0) is 20.0 Å². The standard InChI is InChI=1S/C12H8F3NO5S2/c13-12(14,15)23(19,20)21-10-7-4-8-16-11(10)22(17,18)9-5-2-1-3-6-9/h1-8H. The molecule has 23 heavy (non-hydrogen) atoms. The highest BCUT2D eigenvalue weighted by Gasteiger charge is 2.49. The molecular formula is C12H8F3NO5S2. The van der Waals surface area contributed by atoms with Crippen LogP contribution in [0.2, 0.25) is 0 Å². The number of alkyl halides is 3. The molecule has 0 aliphatic rings. The van der Waals surface area contributed by atoms with Gasteiger partial charge in [-0.05, 0) is 24.3 Å². The molecule has 0 atom stereocenters. The Hall–Kier alpha value is -2.14. The van der Waals surface area contributed by atoms with Gasteiger partial charge in [0, 0.05) is 6.20 Å². The molecule has 1 aromatic heterocycles. The number of hydrogen-bond acceptors (Lipinski definition) is 6. The minimum absolute atomic E-state index is 0.270. The van der Waals surface area contributed by atoms with Gasteiger partial charge >= 0.3 is 15.6 Å². The van der Waals surface area contributed by atoms with E-state index in [9.17, 15) is 30.0 Å². The van der Waals surface area contributed by atoms with Gasteiger partial charge in [0.1, 0.15) is 0 Å². The number of aromatic nitrogens is 1. The van der Waals surface area contributed by atoms with Gasteiger partial charge in [0.15, 0.2) is 5.75 Å². The second-order valence-electron chi connectivity index (χ2n) is 4.11. The summed E-state index contributed by atoms with van der Waals surface area (Å²) in [5, 5.41) is -0.931. The summed E-state index contributed by atoms with van der Waals surface area (Å²) in [5.74, 6) is -1.03. The molecule has 0 bridgehead atoms. The third-order valence-corrected chi connectivity index (χ3v) is 5.20. The van der Waals surface area contributed by atoms with Crippen LogP contribution < -0.4 is 4.18 Å². The summed E-state index contributed by atoms with van der Waals surface area (Å²) in [5.41, 5.74) is -5.70. The van der Waals surface area contributed by atoms with Crippen LogP contribution in [0.1, 0.15) is 0 Å². The largest absolute Gasteiger partial charge is 0.534 e. The van der Waals surface area contributed by atoms with E-state index >= 15 is 0 Å². The van der Waals surface area contributed by atoms with E-state index in [1.165, 1.54) is 30.3 Å². The van der Waals surface area contributed by atoms with Gasteiger partial charge in [-0.3, -0.25) is 0 Å². The highest BCUT2D eigenvalue weighted by molar-refractivity contribution is 7.91. The van der Waals surface area contributed by atoms with E-state index < -0.39 is 36.2 Å². The molecule has 0 N–H and O–H groups in total.